The minimum Gasteiger partial charge on any atom is -0.490 e. The first-order valence-electron chi connectivity index (χ1n) is 19.6. The number of aliphatic hydroxyl groups excluding tert-OH is 4. The summed E-state index contributed by atoms with van der Waals surface area (Å²) in [6.07, 6.45) is -9.32. The molecule has 1 spiro atoms. The zero-order valence-corrected chi connectivity index (χ0v) is 32.6. The van der Waals surface area contributed by atoms with E-state index in [0.29, 0.717) is 47.1 Å². The highest BCUT2D eigenvalue weighted by atomic mass is 16.7. The number of ether oxygens (including phenoxy) is 7. The highest BCUT2D eigenvalue weighted by Gasteiger charge is 2.61. The number of aliphatic carboxylic acids is 1. The van der Waals surface area contributed by atoms with Crippen LogP contribution in [-0.4, -0.2) is 106 Å². The summed E-state index contributed by atoms with van der Waals surface area (Å²) in [4.78, 5) is 28.8. The van der Waals surface area contributed by atoms with Gasteiger partial charge in [0.1, 0.15) is 54.6 Å². The Bertz CT molecular complexity index is 2520. The number of carbonyl (C=O) groups is 2. The number of nitrogens with two attached hydrogens (primary N) is 1. The molecule has 0 bridgehead atoms. The maximum Gasteiger partial charge on any atom is 0.317 e. The predicted molar refractivity (Wildman–Crippen MR) is 211 cm³/mol. The third-order valence-corrected chi connectivity index (χ3v) is 11.7. The number of hydrogen-bond donors (Lipinski definition) is 7. The Morgan fingerprint density at radius 2 is 1.79 bits per heavy atom. The number of hydrogen-bond acceptors (Lipinski definition) is 16. The topological polar surface area (TPSA) is 250 Å². The van der Waals surface area contributed by atoms with Gasteiger partial charge in [-0.25, -0.2) is 0 Å². The normalized spacial score (nSPS) is 29.1. The third-order valence-electron chi connectivity index (χ3n) is 11.7. The lowest BCUT2D eigenvalue weighted by molar-refractivity contribution is -0.321. The molecule has 1 fully saturated rings. The van der Waals surface area contributed by atoms with Crippen LogP contribution in [-0.2, 0) is 25.5 Å². The Morgan fingerprint density at radius 1 is 1.00 bits per heavy atom. The molecule has 1 saturated heterocycles. The fraction of sp³-hybridized carbons (Fsp3) is 0.341. The molecule has 4 aromatic carbocycles. The molecule has 4 aromatic rings. The highest BCUT2D eigenvalue weighted by molar-refractivity contribution is 5.90. The summed E-state index contributed by atoms with van der Waals surface area (Å²) in [5, 5.41) is 57.4. The Balaban J connectivity index is 1.17. The fourth-order valence-corrected chi connectivity index (χ4v) is 9.01. The van der Waals surface area contributed by atoms with Gasteiger partial charge in [-0.2, -0.15) is 0 Å². The van der Waals surface area contributed by atoms with Crippen molar-refractivity contribution in [3.05, 3.63) is 124 Å². The number of para-hydroxylation sites is 1. The monoisotopic (exact) mass is 837 g/mol. The number of carboxylic acids is 1. The molecule has 0 aromatic heterocycles. The molecule has 61 heavy (non-hydrogen) atoms. The minimum absolute atomic E-state index is 0.124. The quantitative estimate of drug-likeness (QED) is 0.0615. The van der Waals surface area contributed by atoms with Gasteiger partial charge >= 0.3 is 11.9 Å². The molecule has 0 aliphatic carbocycles. The second-order valence-corrected chi connectivity index (χ2v) is 15.3. The van der Waals surface area contributed by atoms with Gasteiger partial charge in [-0.3, -0.25) is 14.6 Å². The van der Waals surface area contributed by atoms with E-state index in [2.05, 4.69) is 5.32 Å². The largest absolute Gasteiger partial charge is 0.490 e. The molecule has 0 unspecified atom stereocenters. The van der Waals surface area contributed by atoms with Crippen LogP contribution in [0.25, 0.3) is 5.57 Å². The van der Waals surface area contributed by atoms with E-state index in [0.717, 1.165) is 27.3 Å². The van der Waals surface area contributed by atoms with Crippen LogP contribution in [0.2, 0.25) is 0 Å². The lowest BCUT2D eigenvalue weighted by atomic mass is 9.79. The van der Waals surface area contributed by atoms with E-state index in [1.807, 2.05) is 60.7 Å². The van der Waals surface area contributed by atoms with Crippen molar-refractivity contribution < 1.29 is 68.3 Å². The Morgan fingerprint density at radius 3 is 2.56 bits per heavy atom. The van der Waals surface area contributed by atoms with Gasteiger partial charge in [-0.1, -0.05) is 54.6 Å². The van der Waals surface area contributed by atoms with E-state index < -0.39 is 79.8 Å². The second-order valence-electron chi connectivity index (χ2n) is 15.3. The first-order valence-corrected chi connectivity index (χ1v) is 19.6. The summed E-state index contributed by atoms with van der Waals surface area (Å²) in [5.74, 6) is -1.45. The van der Waals surface area contributed by atoms with E-state index >= 15 is 0 Å². The van der Waals surface area contributed by atoms with Gasteiger partial charge in [0.2, 0.25) is 12.0 Å². The number of rotatable bonds is 11. The first-order chi connectivity index (χ1) is 29.5. The van der Waals surface area contributed by atoms with Gasteiger partial charge in [0.15, 0.2) is 30.0 Å². The summed E-state index contributed by atoms with van der Waals surface area (Å²) in [7, 11) is 1.50. The molecule has 8 N–H and O–H groups in total. The number of nitrogens with one attached hydrogen (secondary N) is 1. The smallest absolute Gasteiger partial charge is 0.317 e. The Labute approximate surface area is 347 Å². The molecule has 0 saturated carbocycles. The maximum absolute atomic E-state index is 12.6. The van der Waals surface area contributed by atoms with Gasteiger partial charge in [-0.05, 0) is 47.2 Å². The summed E-state index contributed by atoms with van der Waals surface area (Å²) < 4.78 is 43.4. The van der Waals surface area contributed by atoms with Crippen molar-refractivity contribution >= 4 is 17.5 Å². The molecular formula is C44H43N3O14. The van der Waals surface area contributed by atoms with Crippen molar-refractivity contribution in [2.24, 2.45) is 10.7 Å². The maximum atomic E-state index is 12.6. The molecule has 9 rings (SSSR count). The Hall–Kier alpha value is -6.21. The molecule has 5 aliphatic heterocycles. The van der Waals surface area contributed by atoms with Gasteiger partial charge in [0.05, 0.1) is 24.9 Å². The third kappa shape index (κ3) is 6.98. The molecule has 0 amide bonds. The molecule has 318 valence electrons. The van der Waals surface area contributed by atoms with E-state index in [9.17, 15) is 35.1 Å². The molecular weight excluding hydrogens is 794 g/mol. The number of nitrogens with zero attached hydrogens (tertiary/aromatic N) is 1. The number of carboxylic acid groups (broad SMARTS) is 1. The zero-order chi connectivity index (χ0) is 42.6. The van der Waals surface area contributed by atoms with Gasteiger partial charge in [0, 0.05) is 28.8 Å². The van der Waals surface area contributed by atoms with Crippen LogP contribution in [0.3, 0.4) is 0 Å². The zero-order valence-electron chi connectivity index (χ0n) is 32.6. The molecule has 5 heterocycles. The van der Waals surface area contributed by atoms with E-state index in [1.54, 1.807) is 18.2 Å². The summed E-state index contributed by atoms with van der Waals surface area (Å²) in [6.45, 7) is -0.285. The number of fused-ring (bicyclic) bond motifs is 6. The summed E-state index contributed by atoms with van der Waals surface area (Å²) in [5.41, 5.74) is 8.13. The van der Waals surface area contributed by atoms with E-state index in [1.165, 1.54) is 19.4 Å². The van der Waals surface area contributed by atoms with Gasteiger partial charge < -0.3 is 69.7 Å². The number of carbonyl (C=O) groups excluding carboxylic acids is 1. The summed E-state index contributed by atoms with van der Waals surface area (Å²) in [6, 6.07) is 24.5. The lowest BCUT2D eigenvalue weighted by Gasteiger charge is -2.52. The van der Waals surface area contributed by atoms with Gasteiger partial charge in [0.25, 0.3) is 0 Å². The van der Waals surface area contributed by atoms with Crippen molar-refractivity contribution in [1.82, 2.24) is 5.32 Å². The van der Waals surface area contributed by atoms with Gasteiger partial charge in [-0.15, -0.1) is 0 Å². The number of esters is 1. The fourth-order valence-electron chi connectivity index (χ4n) is 9.01. The van der Waals surface area contributed by atoms with Crippen LogP contribution in [0.15, 0.2) is 96.1 Å². The van der Waals surface area contributed by atoms with Crippen LogP contribution in [0, 0.1) is 0 Å². The molecule has 10 atom stereocenters. The number of aliphatic hydroxyl groups is 4. The second kappa shape index (κ2) is 16.0. The van der Waals surface area contributed by atoms with Crippen LogP contribution in [0.5, 0.6) is 28.7 Å². The van der Waals surface area contributed by atoms with Crippen LogP contribution in [0.4, 0.5) is 0 Å². The minimum atomic E-state index is -2.11. The lowest BCUT2D eigenvalue weighted by Crippen LogP contribution is -2.74. The van der Waals surface area contributed by atoms with E-state index in [-0.39, 0.29) is 11.7 Å². The first kappa shape index (κ1) is 40.2. The van der Waals surface area contributed by atoms with Crippen LogP contribution >= 0.6 is 0 Å². The molecule has 5 aliphatic rings. The van der Waals surface area contributed by atoms with Crippen molar-refractivity contribution in [3.8, 4) is 28.7 Å². The Kier molecular flexibility index (Phi) is 10.5. The van der Waals surface area contributed by atoms with Crippen molar-refractivity contribution in [3.63, 3.8) is 0 Å². The van der Waals surface area contributed by atoms with Crippen molar-refractivity contribution in [1.29, 1.82) is 0 Å². The molecule has 0 radical (unpaired) electrons. The standard InChI is InChI=1S/C44H43N3O14/c1-55-38-28(56-20-48)12-11-24-33-29(15-21-7-3-2-4-8-21)58-30-17-22(16-25(34(30)39(33)60-37(24)38)26-19-47-27-10-6-5-9-23(26)27)57-43-36(53)35(52)40(54)44(61-43)13-14-46-42(45)41(44)59-32(51)18-31(49)50/h2-14,16-17,29,33,35-36,39-43,46,48,52-54H,15,18-20,45H2,1H3,(H,49,50)/t29-,33+,35+,36+,39+,40-,41-,42+,43+,44-/m0/s1. The number of benzene rings is 4. The average Bonchev–Trinajstić information content (AvgIpc) is 3.86. The predicted octanol–water partition coefficient (Wildman–Crippen LogP) is 0.422. The number of methoxy groups -OCH3 is 1. The SMILES string of the molecule is COc1c(OCO)ccc2c1O[C@H]1c3c(cc(O[C@@H]4O[C@@]5(C=CN[C@@H](N)[C@@H]5OC(=O)CC(=O)O)[C@@H](O)[C@H](O)[C@H]4O)cc3C3=c4ccccc4=NC3)O[C@@H](Cc3ccccc3)[C@@H]21. The molecule has 17 heteroatoms. The van der Waals surface area contributed by atoms with Crippen molar-refractivity contribution in [2.75, 3.05) is 20.4 Å². The highest BCUT2D eigenvalue weighted by Crippen LogP contribution is 2.60. The van der Waals surface area contributed by atoms with Crippen LogP contribution < -0.4 is 45.3 Å². The van der Waals surface area contributed by atoms with Crippen molar-refractivity contribution in [2.45, 2.75) is 73.4 Å². The average molecular weight is 838 g/mol. The van der Waals surface area contributed by atoms with E-state index in [4.69, 9.17) is 43.9 Å². The molecule has 17 nitrogen and oxygen atoms in total. The summed E-state index contributed by atoms with van der Waals surface area (Å²) >= 11 is 0. The van der Waals surface area contributed by atoms with Crippen LogP contribution in [0.1, 0.15) is 40.7 Å².